The largest absolute Gasteiger partial charge is 0.364 e. The molecular weight excluding hydrogens is 433 g/mol. The number of hydrogen-bond acceptors (Lipinski definition) is 5. The number of aryl methyl sites for hydroxylation is 1. The van der Waals surface area contributed by atoms with Gasteiger partial charge in [0.1, 0.15) is 16.9 Å². The summed E-state index contributed by atoms with van der Waals surface area (Å²) in [5.41, 5.74) is 10.2. The van der Waals surface area contributed by atoms with Gasteiger partial charge in [-0.2, -0.15) is 0 Å². The molecule has 1 fully saturated rings. The lowest BCUT2D eigenvalue weighted by Crippen LogP contribution is -2.33. The molecule has 8 heteroatoms. The molecule has 5 rings (SSSR count). The number of halogens is 1. The number of amides is 1. The van der Waals surface area contributed by atoms with E-state index in [0.29, 0.717) is 47.9 Å². The zero-order chi connectivity index (χ0) is 24.0. The Hall–Kier alpha value is -3.39. The van der Waals surface area contributed by atoms with Gasteiger partial charge in [-0.05, 0) is 48.4 Å². The number of benzene rings is 1. The fraction of sp³-hybridized carbons (Fsp3) is 0.385. The maximum Gasteiger partial charge on any atom is 0.270 e. The molecule has 1 aliphatic carbocycles. The van der Waals surface area contributed by atoms with Gasteiger partial charge in [-0.25, -0.2) is 14.4 Å². The lowest BCUT2D eigenvalue weighted by molar-refractivity contribution is 0.0995. The summed E-state index contributed by atoms with van der Waals surface area (Å²) in [5.74, 6) is -0.333. The number of nitrogens with one attached hydrogen (secondary N) is 1. The van der Waals surface area contributed by atoms with Crippen LogP contribution in [0.5, 0.6) is 0 Å². The molecule has 0 spiro atoms. The number of nitrogens with two attached hydrogens (primary N) is 1. The van der Waals surface area contributed by atoms with E-state index in [4.69, 9.17) is 5.73 Å². The van der Waals surface area contributed by atoms with Gasteiger partial charge in [0.15, 0.2) is 5.82 Å². The van der Waals surface area contributed by atoms with Crippen LogP contribution in [-0.2, 0) is 13.0 Å². The number of hydrogen-bond donors (Lipinski definition) is 2. The van der Waals surface area contributed by atoms with Crippen LogP contribution in [0.25, 0.3) is 16.6 Å². The van der Waals surface area contributed by atoms with Crippen LogP contribution in [0, 0.1) is 11.7 Å². The second kappa shape index (κ2) is 8.76. The molecule has 1 amide bonds. The maximum absolute atomic E-state index is 15.2. The lowest BCUT2D eigenvalue weighted by atomic mass is 9.88. The first-order chi connectivity index (χ1) is 16.4. The third-order valence-corrected chi connectivity index (χ3v) is 6.77. The second-order valence-electron chi connectivity index (χ2n) is 9.32. The van der Waals surface area contributed by atoms with Gasteiger partial charge in [0.05, 0.1) is 11.2 Å². The van der Waals surface area contributed by atoms with Gasteiger partial charge in [-0.15, -0.1) is 0 Å². The van der Waals surface area contributed by atoms with Crippen LogP contribution < -0.4 is 11.3 Å². The SMILES string of the molecule is CCc1nc2ccc(CN3CC=C(c4ccc(C(N)=O)nc4C4CC4)C(C)C3)c(F)c2[nH]c1=O. The Morgan fingerprint density at radius 3 is 2.71 bits per heavy atom. The lowest BCUT2D eigenvalue weighted by Gasteiger charge is -2.32. The highest BCUT2D eigenvalue weighted by Gasteiger charge is 2.31. The van der Waals surface area contributed by atoms with E-state index in [0.717, 1.165) is 30.6 Å². The Morgan fingerprint density at radius 2 is 2.03 bits per heavy atom. The summed E-state index contributed by atoms with van der Waals surface area (Å²) >= 11 is 0. The van der Waals surface area contributed by atoms with Crippen LogP contribution >= 0.6 is 0 Å². The van der Waals surface area contributed by atoms with Crippen molar-refractivity contribution in [1.82, 2.24) is 19.9 Å². The Labute approximate surface area is 196 Å². The number of H-pyrrole nitrogens is 1. The molecule has 1 aromatic carbocycles. The number of pyridine rings is 1. The van der Waals surface area contributed by atoms with E-state index in [1.54, 1.807) is 18.2 Å². The second-order valence-corrected chi connectivity index (χ2v) is 9.32. The normalized spacial score (nSPS) is 18.8. The average Bonchev–Trinajstić information content (AvgIpc) is 3.66. The van der Waals surface area contributed by atoms with Crippen molar-refractivity contribution < 1.29 is 9.18 Å². The monoisotopic (exact) mass is 461 g/mol. The van der Waals surface area contributed by atoms with E-state index in [1.165, 1.54) is 5.57 Å². The average molecular weight is 462 g/mol. The standard InChI is InChI=1S/C26H28FN5O2/c1-3-19-26(34)31-24-20(29-19)8-6-16(22(24)27)13-32-11-10-17(14(2)12-32)18-7-9-21(25(28)33)30-23(18)15-4-5-15/h6-10,14-15H,3-5,11-13H2,1-2H3,(H2,28,33)(H,31,34). The summed E-state index contributed by atoms with van der Waals surface area (Å²) in [4.78, 5) is 37.5. The van der Waals surface area contributed by atoms with Crippen molar-refractivity contribution in [3.05, 3.63) is 74.7 Å². The van der Waals surface area contributed by atoms with Gasteiger partial charge >= 0.3 is 0 Å². The summed E-state index contributed by atoms with van der Waals surface area (Å²) in [5, 5.41) is 0. The summed E-state index contributed by atoms with van der Waals surface area (Å²) in [7, 11) is 0. The van der Waals surface area contributed by atoms with Crippen LogP contribution in [0.1, 0.15) is 65.6 Å². The molecule has 0 bridgehead atoms. The minimum Gasteiger partial charge on any atom is -0.364 e. The number of nitrogens with zero attached hydrogens (tertiary/aromatic N) is 3. The van der Waals surface area contributed by atoms with Crippen molar-refractivity contribution in [1.29, 1.82) is 0 Å². The number of carbonyl (C=O) groups excluding carboxylic acids is 1. The molecule has 1 aliphatic heterocycles. The molecule has 1 atom stereocenters. The molecule has 34 heavy (non-hydrogen) atoms. The van der Waals surface area contributed by atoms with E-state index in [1.807, 2.05) is 13.0 Å². The van der Waals surface area contributed by atoms with Crippen molar-refractivity contribution in [3.63, 3.8) is 0 Å². The number of primary amides is 1. The molecular formula is C26H28FN5O2. The third-order valence-electron chi connectivity index (χ3n) is 6.77. The molecule has 2 aromatic heterocycles. The van der Waals surface area contributed by atoms with Crippen LogP contribution in [0.3, 0.4) is 0 Å². The topological polar surface area (TPSA) is 105 Å². The molecule has 0 saturated heterocycles. The highest BCUT2D eigenvalue weighted by atomic mass is 19.1. The number of aromatic amines is 1. The highest BCUT2D eigenvalue weighted by Crippen LogP contribution is 2.43. The molecule has 0 radical (unpaired) electrons. The summed E-state index contributed by atoms with van der Waals surface area (Å²) in [6.07, 6.45) is 4.83. The van der Waals surface area contributed by atoms with Crippen molar-refractivity contribution in [2.75, 3.05) is 13.1 Å². The third kappa shape index (κ3) is 4.14. The summed E-state index contributed by atoms with van der Waals surface area (Å²) in [6.45, 7) is 5.86. The number of aromatic nitrogens is 3. The van der Waals surface area contributed by atoms with Crippen LogP contribution in [0.2, 0.25) is 0 Å². The maximum atomic E-state index is 15.2. The minimum atomic E-state index is -0.509. The molecule has 3 heterocycles. The van der Waals surface area contributed by atoms with Gasteiger partial charge in [-0.3, -0.25) is 14.5 Å². The molecule has 2 aliphatic rings. The van der Waals surface area contributed by atoms with Gasteiger partial charge in [0.25, 0.3) is 11.5 Å². The first-order valence-corrected chi connectivity index (χ1v) is 11.8. The van der Waals surface area contributed by atoms with Gasteiger partial charge in [-0.1, -0.05) is 32.1 Å². The van der Waals surface area contributed by atoms with E-state index in [-0.39, 0.29) is 17.0 Å². The molecule has 7 nitrogen and oxygen atoms in total. The van der Waals surface area contributed by atoms with Crippen molar-refractivity contribution in [2.45, 2.75) is 45.6 Å². The van der Waals surface area contributed by atoms with Crippen LogP contribution in [0.4, 0.5) is 4.39 Å². The van der Waals surface area contributed by atoms with Crippen molar-refractivity contribution in [2.24, 2.45) is 11.7 Å². The van der Waals surface area contributed by atoms with E-state index < -0.39 is 11.7 Å². The predicted octanol–water partition coefficient (Wildman–Crippen LogP) is 3.53. The van der Waals surface area contributed by atoms with Crippen molar-refractivity contribution in [3.8, 4) is 0 Å². The first-order valence-electron chi connectivity index (χ1n) is 11.8. The number of carbonyl (C=O) groups is 1. The summed E-state index contributed by atoms with van der Waals surface area (Å²) < 4.78 is 15.2. The summed E-state index contributed by atoms with van der Waals surface area (Å²) in [6, 6.07) is 7.19. The minimum absolute atomic E-state index is 0.163. The van der Waals surface area contributed by atoms with Crippen LogP contribution in [-0.4, -0.2) is 38.8 Å². The smallest absolute Gasteiger partial charge is 0.270 e. The highest BCUT2D eigenvalue weighted by molar-refractivity contribution is 5.91. The first kappa shape index (κ1) is 22.4. The van der Waals surface area contributed by atoms with E-state index in [9.17, 15) is 9.59 Å². The van der Waals surface area contributed by atoms with Gasteiger partial charge in [0.2, 0.25) is 0 Å². The molecule has 3 aromatic rings. The fourth-order valence-electron chi connectivity index (χ4n) is 4.82. The Kier molecular flexibility index (Phi) is 5.77. The van der Waals surface area contributed by atoms with Crippen LogP contribution in [0.15, 0.2) is 35.1 Å². The number of rotatable bonds is 6. The molecule has 176 valence electrons. The van der Waals surface area contributed by atoms with Gasteiger partial charge < -0.3 is 10.7 Å². The van der Waals surface area contributed by atoms with Gasteiger partial charge in [0, 0.05) is 31.1 Å². The van der Waals surface area contributed by atoms with E-state index in [2.05, 4.69) is 32.9 Å². The quantitative estimate of drug-likeness (QED) is 0.584. The fourth-order valence-corrected chi connectivity index (χ4v) is 4.82. The van der Waals surface area contributed by atoms with E-state index >= 15 is 4.39 Å². The Balaban J connectivity index is 1.40. The zero-order valence-corrected chi connectivity index (χ0v) is 19.4. The molecule has 3 N–H and O–H groups in total. The van der Waals surface area contributed by atoms with Crippen molar-refractivity contribution >= 4 is 22.5 Å². The number of fused-ring (bicyclic) bond motifs is 1. The Morgan fingerprint density at radius 1 is 1.24 bits per heavy atom. The molecule has 1 saturated carbocycles. The Bertz CT molecular complexity index is 1380. The zero-order valence-electron chi connectivity index (χ0n) is 19.4. The predicted molar refractivity (Wildman–Crippen MR) is 129 cm³/mol. The molecule has 1 unspecified atom stereocenters.